The summed E-state index contributed by atoms with van der Waals surface area (Å²) in [5.41, 5.74) is 5.70. The fraction of sp³-hybridized carbons (Fsp3) is 0.571. The van der Waals surface area contributed by atoms with Crippen molar-refractivity contribution < 1.29 is 8.78 Å². The van der Waals surface area contributed by atoms with Gasteiger partial charge in [-0.15, -0.1) is 0 Å². The van der Waals surface area contributed by atoms with Crippen molar-refractivity contribution >= 4 is 15.9 Å². The molecule has 6 heteroatoms. The number of hydrogen-bond acceptors (Lipinski definition) is 2. The Hall–Kier alpha value is -0.490. The zero-order valence-corrected chi connectivity index (χ0v) is 8.63. The van der Waals surface area contributed by atoms with Crippen LogP contribution >= 0.6 is 15.9 Å². The second-order valence-corrected chi connectivity index (χ2v) is 3.50. The van der Waals surface area contributed by atoms with Gasteiger partial charge in [0.2, 0.25) is 6.43 Å². The third-order valence-electron chi connectivity index (χ3n) is 1.82. The standard InChI is InChI=1S/C7H10BrF2N3/c1-13-5(2-6(8)12-13)4(3-11)7(9)10/h2,4,7H,3,11H2,1H3. The molecule has 0 fully saturated rings. The van der Waals surface area contributed by atoms with Gasteiger partial charge in [0.25, 0.3) is 0 Å². The number of nitrogens with zero attached hydrogens (tertiary/aromatic N) is 2. The molecule has 2 N–H and O–H groups in total. The lowest BCUT2D eigenvalue weighted by atomic mass is 10.1. The molecule has 0 saturated heterocycles. The maximum atomic E-state index is 12.4. The van der Waals surface area contributed by atoms with Crippen LogP contribution in [0.5, 0.6) is 0 Å². The minimum Gasteiger partial charge on any atom is -0.330 e. The van der Waals surface area contributed by atoms with E-state index in [1.165, 1.54) is 4.68 Å². The van der Waals surface area contributed by atoms with E-state index in [4.69, 9.17) is 5.73 Å². The average molecular weight is 254 g/mol. The van der Waals surface area contributed by atoms with Crippen LogP contribution in [0.15, 0.2) is 10.7 Å². The number of hydrogen-bond donors (Lipinski definition) is 1. The second kappa shape index (κ2) is 4.15. The van der Waals surface area contributed by atoms with Crippen molar-refractivity contribution in [3.63, 3.8) is 0 Å². The van der Waals surface area contributed by atoms with E-state index >= 15 is 0 Å². The first-order valence-corrected chi connectivity index (χ1v) is 4.53. The molecule has 1 rings (SSSR count). The molecular formula is C7H10BrF2N3. The van der Waals surface area contributed by atoms with E-state index in [1.54, 1.807) is 13.1 Å². The molecule has 74 valence electrons. The molecule has 0 spiro atoms. The number of aromatic nitrogens is 2. The first kappa shape index (κ1) is 10.6. The molecule has 1 aromatic rings. The first-order chi connectivity index (χ1) is 6.06. The third kappa shape index (κ3) is 2.25. The maximum Gasteiger partial charge on any atom is 0.248 e. The van der Waals surface area contributed by atoms with Gasteiger partial charge in [0, 0.05) is 19.3 Å². The van der Waals surface area contributed by atoms with Crippen molar-refractivity contribution in [2.75, 3.05) is 6.54 Å². The summed E-state index contributed by atoms with van der Waals surface area (Å²) in [5, 5.41) is 3.91. The van der Waals surface area contributed by atoms with Gasteiger partial charge in [-0.3, -0.25) is 4.68 Å². The van der Waals surface area contributed by atoms with Gasteiger partial charge < -0.3 is 5.73 Å². The van der Waals surface area contributed by atoms with E-state index in [0.29, 0.717) is 10.3 Å². The molecule has 1 heterocycles. The highest BCUT2D eigenvalue weighted by Gasteiger charge is 2.24. The largest absolute Gasteiger partial charge is 0.330 e. The summed E-state index contributed by atoms with van der Waals surface area (Å²) in [6.45, 7) is -0.0797. The Morgan fingerprint density at radius 3 is 2.62 bits per heavy atom. The smallest absolute Gasteiger partial charge is 0.248 e. The highest BCUT2D eigenvalue weighted by atomic mass is 79.9. The van der Waals surface area contributed by atoms with Crippen LogP contribution in [-0.4, -0.2) is 22.8 Å². The summed E-state index contributed by atoms with van der Waals surface area (Å²) in [4.78, 5) is 0. The third-order valence-corrected chi connectivity index (χ3v) is 2.21. The summed E-state index contributed by atoms with van der Waals surface area (Å²) >= 11 is 3.11. The summed E-state index contributed by atoms with van der Waals surface area (Å²) in [7, 11) is 1.62. The molecule has 1 atom stereocenters. The number of alkyl halides is 2. The minimum absolute atomic E-state index is 0.0797. The summed E-state index contributed by atoms with van der Waals surface area (Å²) in [5.74, 6) is -0.941. The zero-order chi connectivity index (χ0) is 10.0. The van der Waals surface area contributed by atoms with E-state index < -0.39 is 12.3 Å². The van der Waals surface area contributed by atoms with Gasteiger partial charge in [-0.1, -0.05) is 0 Å². The Morgan fingerprint density at radius 1 is 1.69 bits per heavy atom. The van der Waals surface area contributed by atoms with Crippen LogP contribution in [0.3, 0.4) is 0 Å². The van der Waals surface area contributed by atoms with Crippen molar-refractivity contribution in [1.82, 2.24) is 9.78 Å². The van der Waals surface area contributed by atoms with Crippen molar-refractivity contribution in [2.24, 2.45) is 12.8 Å². The lowest BCUT2D eigenvalue weighted by molar-refractivity contribution is 0.113. The fourth-order valence-corrected chi connectivity index (χ4v) is 1.62. The molecule has 0 aliphatic carbocycles. The molecule has 1 aromatic heterocycles. The van der Waals surface area contributed by atoms with E-state index in [2.05, 4.69) is 21.0 Å². The van der Waals surface area contributed by atoms with E-state index in [0.717, 1.165) is 0 Å². The lowest BCUT2D eigenvalue weighted by Gasteiger charge is -2.13. The molecule has 0 aliphatic rings. The fourth-order valence-electron chi connectivity index (χ4n) is 1.15. The Kier molecular flexibility index (Phi) is 3.38. The van der Waals surface area contributed by atoms with Crippen LogP contribution in [0.1, 0.15) is 11.6 Å². The summed E-state index contributed by atoms with van der Waals surface area (Å²) in [6.07, 6.45) is -2.45. The summed E-state index contributed by atoms with van der Waals surface area (Å²) in [6, 6.07) is 1.56. The van der Waals surface area contributed by atoms with Crippen molar-refractivity contribution in [2.45, 2.75) is 12.3 Å². The summed E-state index contributed by atoms with van der Waals surface area (Å²) < 4.78 is 26.8. The van der Waals surface area contributed by atoms with Crippen molar-refractivity contribution in [1.29, 1.82) is 0 Å². The van der Waals surface area contributed by atoms with Crippen molar-refractivity contribution in [3.05, 3.63) is 16.4 Å². The van der Waals surface area contributed by atoms with Gasteiger partial charge in [0.15, 0.2) is 0 Å². The molecule has 13 heavy (non-hydrogen) atoms. The SMILES string of the molecule is Cn1nc(Br)cc1C(CN)C(F)F. The lowest BCUT2D eigenvalue weighted by Crippen LogP contribution is -2.22. The average Bonchev–Trinajstić information content (AvgIpc) is 2.31. The van der Waals surface area contributed by atoms with Gasteiger partial charge in [0.05, 0.1) is 5.92 Å². The van der Waals surface area contributed by atoms with Crippen LogP contribution in [0.25, 0.3) is 0 Å². The predicted octanol–water partition coefficient (Wildman–Crippen LogP) is 1.49. The molecule has 0 amide bonds. The number of rotatable bonds is 3. The molecule has 0 radical (unpaired) electrons. The highest BCUT2D eigenvalue weighted by molar-refractivity contribution is 9.10. The Morgan fingerprint density at radius 2 is 2.31 bits per heavy atom. The van der Waals surface area contributed by atoms with Crippen LogP contribution in [0, 0.1) is 0 Å². The molecule has 0 aromatic carbocycles. The Balaban J connectivity index is 2.97. The van der Waals surface area contributed by atoms with Gasteiger partial charge in [-0.2, -0.15) is 5.10 Å². The predicted molar refractivity (Wildman–Crippen MR) is 48.7 cm³/mol. The molecular weight excluding hydrogens is 244 g/mol. The van der Waals surface area contributed by atoms with Gasteiger partial charge in [-0.25, -0.2) is 8.78 Å². The van der Waals surface area contributed by atoms with E-state index in [1.807, 2.05) is 0 Å². The van der Waals surface area contributed by atoms with E-state index in [9.17, 15) is 8.78 Å². The highest BCUT2D eigenvalue weighted by Crippen LogP contribution is 2.23. The van der Waals surface area contributed by atoms with E-state index in [-0.39, 0.29) is 6.54 Å². The molecule has 0 bridgehead atoms. The monoisotopic (exact) mass is 253 g/mol. The topological polar surface area (TPSA) is 43.8 Å². The number of halogens is 3. The van der Waals surface area contributed by atoms with Gasteiger partial charge in [-0.05, 0) is 22.0 Å². The Bertz CT molecular complexity index is 287. The second-order valence-electron chi connectivity index (χ2n) is 2.69. The maximum absolute atomic E-state index is 12.4. The van der Waals surface area contributed by atoms with Crippen LogP contribution in [0.2, 0.25) is 0 Å². The van der Waals surface area contributed by atoms with Gasteiger partial charge >= 0.3 is 0 Å². The number of nitrogens with two attached hydrogens (primary N) is 1. The molecule has 3 nitrogen and oxygen atoms in total. The van der Waals surface area contributed by atoms with Crippen LogP contribution < -0.4 is 5.73 Å². The van der Waals surface area contributed by atoms with Crippen LogP contribution in [-0.2, 0) is 7.05 Å². The first-order valence-electron chi connectivity index (χ1n) is 3.74. The number of aryl methyl sites for hydroxylation is 1. The van der Waals surface area contributed by atoms with Crippen molar-refractivity contribution in [3.8, 4) is 0 Å². The minimum atomic E-state index is -2.45. The molecule has 0 aliphatic heterocycles. The normalized spacial score (nSPS) is 13.7. The quantitative estimate of drug-likeness (QED) is 0.888. The Labute approximate surface area is 83.0 Å². The van der Waals surface area contributed by atoms with Crippen LogP contribution in [0.4, 0.5) is 8.78 Å². The van der Waals surface area contributed by atoms with Gasteiger partial charge in [0.1, 0.15) is 4.60 Å². The zero-order valence-electron chi connectivity index (χ0n) is 7.04. The molecule has 1 unspecified atom stereocenters. The molecule has 0 saturated carbocycles.